The Morgan fingerprint density at radius 1 is 1.00 bits per heavy atom. The van der Waals surface area contributed by atoms with Crippen molar-refractivity contribution < 1.29 is 24.0 Å². The van der Waals surface area contributed by atoms with Gasteiger partial charge >= 0.3 is 12.1 Å². The van der Waals surface area contributed by atoms with Gasteiger partial charge in [-0.2, -0.15) is 0 Å². The van der Waals surface area contributed by atoms with E-state index in [2.05, 4.69) is 10.5 Å². The van der Waals surface area contributed by atoms with Crippen molar-refractivity contribution in [2.45, 2.75) is 20.0 Å². The molecule has 0 saturated heterocycles. The minimum atomic E-state index is -0.999. The van der Waals surface area contributed by atoms with Gasteiger partial charge in [0.1, 0.15) is 17.5 Å². The molecule has 0 spiro atoms. The van der Waals surface area contributed by atoms with Gasteiger partial charge in [0.25, 0.3) is 0 Å². The van der Waals surface area contributed by atoms with Crippen molar-refractivity contribution in [1.29, 1.82) is 0 Å². The molecule has 1 unspecified atom stereocenters. The molecule has 0 fully saturated rings. The van der Waals surface area contributed by atoms with Crippen LogP contribution in [0.3, 0.4) is 0 Å². The zero-order chi connectivity index (χ0) is 24.2. The van der Waals surface area contributed by atoms with Gasteiger partial charge in [-0.3, -0.25) is 5.32 Å². The molecule has 172 valence electrons. The van der Waals surface area contributed by atoms with Crippen molar-refractivity contribution in [2.24, 2.45) is 0 Å². The average molecular weight is 477 g/mol. The summed E-state index contributed by atoms with van der Waals surface area (Å²) in [5.41, 5.74) is 3.91. The molecule has 3 aromatic carbocycles. The Balaban J connectivity index is 1.58. The molecule has 0 bridgehead atoms. The van der Waals surface area contributed by atoms with Gasteiger partial charge in [-0.15, -0.1) is 0 Å². The minimum Gasteiger partial charge on any atom is -0.478 e. The first-order valence-electron chi connectivity index (χ1n) is 10.5. The topological polar surface area (TPSA) is 102 Å². The summed E-state index contributed by atoms with van der Waals surface area (Å²) in [5, 5.41) is 16.6. The third-order valence-electron chi connectivity index (χ3n) is 5.30. The molecule has 1 amide bonds. The van der Waals surface area contributed by atoms with Gasteiger partial charge < -0.3 is 14.4 Å². The van der Waals surface area contributed by atoms with Crippen molar-refractivity contribution >= 4 is 29.4 Å². The maximum Gasteiger partial charge on any atom is 0.412 e. The lowest BCUT2D eigenvalue weighted by Gasteiger charge is -2.15. The lowest BCUT2D eigenvalue weighted by atomic mass is 9.99. The molecule has 4 rings (SSSR count). The van der Waals surface area contributed by atoms with Gasteiger partial charge in [-0.25, -0.2) is 9.59 Å². The van der Waals surface area contributed by atoms with Gasteiger partial charge in [-0.1, -0.05) is 65.3 Å². The van der Waals surface area contributed by atoms with E-state index in [1.165, 1.54) is 6.07 Å². The van der Waals surface area contributed by atoms with E-state index in [1.807, 2.05) is 36.4 Å². The second-order valence-electron chi connectivity index (χ2n) is 7.62. The maximum atomic E-state index is 12.6. The quantitative estimate of drug-likeness (QED) is 0.311. The predicted molar refractivity (Wildman–Crippen MR) is 129 cm³/mol. The summed E-state index contributed by atoms with van der Waals surface area (Å²) in [6.07, 6.45) is -1.24. The Kier molecular flexibility index (Phi) is 6.65. The number of hydrogen-bond acceptors (Lipinski definition) is 5. The van der Waals surface area contributed by atoms with E-state index in [0.717, 1.165) is 11.1 Å². The molecular formula is C26H21ClN2O5. The van der Waals surface area contributed by atoms with E-state index in [0.29, 0.717) is 33.3 Å². The van der Waals surface area contributed by atoms with E-state index in [1.54, 1.807) is 44.2 Å². The van der Waals surface area contributed by atoms with E-state index in [9.17, 15) is 14.7 Å². The van der Waals surface area contributed by atoms with Crippen LogP contribution in [0.4, 0.5) is 10.5 Å². The Hall–Kier alpha value is -4.10. The largest absolute Gasteiger partial charge is 0.478 e. The van der Waals surface area contributed by atoms with Crippen LogP contribution in [0, 0.1) is 6.92 Å². The highest BCUT2D eigenvalue weighted by atomic mass is 35.5. The number of carbonyl (C=O) groups excluding carboxylic acids is 1. The summed E-state index contributed by atoms with van der Waals surface area (Å²) in [7, 11) is 0. The molecule has 2 N–H and O–H groups in total. The van der Waals surface area contributed by atoms with Crippen LogP contribution in [-0.4, -0.2) is 22.3 Å². The average Bonchev–Trinajstić information content (AvgIpc) is 3.19. The fraction of sp³-hybridized carbons (Fsp3) is 0.115. The Morgan fingerprint density at radius 2 is 1.68 bits per heavy atom. The lowest BCUT2D eigenvalue weighted by molar-refractivity contribution is 0.0696. The summed E-state index contributed by atoms with van der Waals surface area (Å²) < 4.78 is 10.8. The molecule has 0 aliphatic carbocycles. The number of rotatable bonds is 6. The SMILES string of the molecule is Cc1onc(-c2cccc(-c3cccc(C(=O)O)c3)c2)c1NC(=O)OC(C)c1ccccc1Cl. The van der Waals surface area contributed by atoms with Crippen molar-refractivity contribution in [3.05, 3.63) is 94.7 Å². The molecular weight excluding hydrogens is 456 g/mol. The molecule has 8 heteroatoms. The van der Waals surface area contributed by atoms with Crippen LogP contribution in [0.5, 0.6) is 0 Å². The Morgan fingerprint density at radius 3 is 2.41 bits per heavy atom. The van der Waals surface area contributed by atoms with E-state index in [4.69, 9.17) is 20.9 Å². The Labute approximate surface area is 200 Å². The number of hydrogen-bond donors (Lipinski definition) is 2. The number of carboxylic acid groups (broad SMARTS) is 1. The second-order valence-corrected chi connectivity index (χ2v) is 8.03. The molecule has 1 aromatic heterocycles. The molecule has 0 radical (unpaired) electrons. The van der Waals surface area contributed by atoms with Crippen molar-refractivity contribution in [3.63, 3.8) is 0 Å². The lowest BCUT2D eigenvalue weighted by Crippen LogP contribution is -2.17. The van der Waals surface area contributed by atoms with Crippen LogP contribution in [0.15, 0.2) is 77.3 Å². The number of aryl methyl sites for hydroxylation is 1. The monoisotopic (exact) mass is 476 g/mol. The number of ether oxygens (including phenoxy) is 1. The van der Waals surface area contributed by atoms with Crippen LogP contribution in [0.25, 0.3) is 22.4 Å². The smallest absolute Gasteiger partial charge is 0.412 e. The normalized spacial score (nSPS) is 11.6. The maximum absolute atomic E-state index is 12.6. The summed E-state index contributed by atoms with van der Waals surface area (Å²) in [5.74, 6) is -0.586. The molecule has 1 heterocycles. The van der Waals surface area contributed by atoms with Crippen LogP contribution in [-0.2, 0) is 4.74 Å². The molecule has 7 nitrogen and oxygen atoms in total. The van der Waals surface area contributed by atoms with Crippen LogP contribution in [0.2, 0.25) is 5.02 Å². The molecule has 4 aromatic rings. The fourth-order valence-electron chi connectivity index (χ4n) is 3.55. The molecule has 0 saturated carbocycles. The number of carbonyl (C=O) groups is 2. The number of carboxylic acids is 1. The number of aromatic nitrogens is 1. The fourth-order valence-corrected chi connectivity index (χ4v) is 3.84. The first-order chi connectivity index (χ1) is 16.3. The summed E-state index contributed by atoms with van der Waals surface area (Å²) in [6, 6.07) is 21.2. The highest BCUT2D eigenvalue weighted by molar-refractivity contribution is 6.31. The molecule has 0 aliphatic rings. The highest BCUT2D eigenvalue weighted by Gasteiger charge is 2.21. The summed E-state index contributed by atoms with van der Waals surface area (Å²) in [4.78, 5) is 24.0. The standard InChI is InChI=1S/C26H21ClN2O5/c1-15(21-11-3-4-12-22(21)27)33-26(32)28-23-16(2)34-29-24(23)19-9-5-7-17(13-19)18-8-6-10-20(14-18)25(30)31/h3-15H,1-2H3,(H,28,32)(H,30,31). The van der Waals surface area contributed by atoms with E-state index >= 15 is 0 Å². The number of halogens is 1. The third-order valence-corrected chi connectivity index (χ3v) is 5.64. The van der Waals surface area contributed by atoms with Crippen LogP contribution >= 0.6 is 11.6 Å². The zero-order valence-corrected chi connectivity index (χ0v) is 19.2. The predicted octanol–water partition coefficient (Wildman–Crippen LogP) is 6.98. The molecule has 1 atom stereocenters. The number of amides is 1. The number of nitrogens with zero attached hydrogens (tertiary/aromatic N) is 1. The van der Waals surface area contributed by atoms with Crippen molar-refractivity contribution in [1.82, 2.24) is 5.16 Å². The highest BCUT2D eigenvalue weighted by Crippen LogP contribution is 2.33. The number of aromatic carboxylic acids is 1. The Bertz CT molecular complexity index is 1360. The number of anilines is 1. The van der Waals surface area contributed by atoms with Crippen molar-refractivity contribution in [3.8, 4) is 22.4 Å². The summed E-state index contributed by atoms with van der Waals surface area (Å²) in [6.45, 7) is 3.42. The van der Waals surface area contributed by atoms with Gasteiger partial charge in [0.05, 0.1) is 5.56 Å². The second kappa shape index (κ2) is 9.80. The molecule has 0 aliphatic heterocycles. The van der Waals surface area contributed by atoms with Crippen LogP contribution in [0.1, 0.15) is 34.7 Å². The first kappa shape index (κ1) is 23.1. The van der Waals surface area contributed by atoms with Gasteiger partial charge in [0, 0.05) is 16.1 Å². The van der Waals surface area contributed by atoms with Gasteiger partial charge in [0.15, 0.2) is 5.76 Å². The molecule has 34 heavy (non-hydrogen) atoms. The van der Waals surface area contributed by atoms with Crippen LogP contribution < -0.4 is 5.32 Å². The van der Waals surface area contributed by atoms with E-state index < -0.39 is 18.2 Å². The minimum absolute atomic E-state index is 0.193. The van der Waals surface area contributed by atoms with Crippen molar-refractivity contribution in [2.75, 3.05) is 5.32 Å². The summed E-state index contributed by atoms with van der Waals surface area (Å²) >= 11 is 6.20. The van der Waals surface area contributed by atoms with Gasteiger partial charge in [-0.05, 0) is 49.2 Å². The third kappa shape index (κ3) is 4.94. The number of benzene rings is 3. The first-order valence-corrected chi connectivity index (χ1v) is 10.8. The van der Waals surface area contributed by atoms with Gasteiger partial charge in [0.2, 0.25) is 0 Å². The zero-order valence-electron chi connectivity index (χ0n) is 18.4. The van der Waals surface area contributed by atoms with E-state index in [-0.39, 0.29) is 5.56 Å². The number of nitrogens with one attached hydrogen (secondary N) is 1.